The minimum absolute atomic E-state index is 0.0912. The highest BCUT2D eigenvalue weighted by atomic mass is 32.1. The van der Waals surface area contributed by atoms with Crippen molar-refractivity contribution in [1.82, 2.24) is 9.55 Å². The second-order valence-electron chi connectivity index (χ2n) is 3.54. The Hall–Kier alpha value is -1.94. The Morgan fingerprint density at radius 3 is 2.71 bits per heavy atom. The molecule has 0 unspecified atom stereocenters. The van der Waals surface area contributed by atoms with Gasteiger partial charge < -0.3 is 4.98 Å². The van der Waals surface area contributed by atoms with Gasteiger partial charge in [0.1, 0.15) is 0 Å². The zero-order valence-corrected chi connectivity index (χ0v) is 9.98. The van der Waals surface area contributed by atoms with Crippen LogP contribution in [0.15, 0.2) is 53.5 Å². The summed E-state index contributed by atoms with van der Waals surface area (Å²) in [6, 6.07) is 11.4. The van der Waals surface area contributed by atoms with E-state index in [1.165, 1.54) is 10.6 Å². The average Bonchev–Trinajstić information content (AvgIpc) is 2.34. The summed E-state index contributed by atoms with van der Waals surface area (Å²) in [7, 11) is 0. The molecule has 0 atom stereocenters. The molecule has 0 saturated carbocycles. The van der Waals surface area contributed by atoms with Gasteiger partial charge >= 0.3 is 0 Å². The van der Waals surface area contributed by atoms with Gasteiger partial charge in [-0.25, -0.2) is 0 Å². The van der Waals surface area contributed by atoms with Crippen LogP contribution in [0, 0.1) is 4.77 Å². The number of benzene rings is 1. The maximum Gasteiger partial charge on any atom is 0.254 e. The van der Waals surface area contributed by atoms with Gasteiger partial charge in [0, 0.05) is 18.8 Å². The van der Waals surface area contributed by atoms with E-state index in [0.29, 0.717) is 11.3 Å². The normalized spacial score (nSPS) is 10.8. The van der Waals surface area contributed by atoms with E-state index in [1.807, 2.05) is 42.5 Å². The first-order chi connectivity index (χ1) is 8.27. The Balaban J connectivity index is 2.16. The van der Waals surface area contributed by atoms with Crippen LogP contribution in [0.25, 0.3) is 6.08 Å². The number of hydrogen-bond donors (Lipinski definition) is 1. The van der Waals surface area contributed by atoms with E-state index in [0.717, 1.165) is 5.56 Å². The van der Waals surface area contributed by atoms with Gasteiger partial charge in [0.05, 0.1) is 0 Å². The van der Waals surface area contributed by atoms with E-state index in [4.69, 9.17) is 12.2 Å². The first-order valence-electron chi connectivity index (χ1n) is 5.27. The number of aromatic amines is 1. The molecule has 3 nitrogen and oxygen atoms in total. The lowest BCUT2D eigenvalue weighted by molar-refractivity contribution is 0.739. The first kappa shape index (κ1) is 11.5. The fourth-order valence-corrected chi connectivity index (χ4v) is 1.72. The SMILES string of the molecule is O=c1cc[nH]c(=S)n1C/C=C/c1ccccc1. The molecule has 1 heterocycles. The monoisotopic (exact) mass is 244 g/mol. The minimum Gasteiger partial charge on any atom is -0.339 e. The van der Waals surface area contributed by atoms with Crippen molar-refractivity contribution in [2.75, 3.05) is 0 Å². The van der Waals surface area contributed by atoms with Crippen molar-refractivity contribution in [3.63, 3.8) is 0 Å². The van der Waals surface area contributed by atoms with Gasteiger partial charge in [0.2, 0.25) is 0 Å². The van der Waals surface area contributed by atoms with Gasteiger partial charge in [-0.15, -0.1) is 0 Å². The van der Waals surface area contributed by atoms with Crippen LogP contribution in [-0.4, -0.2) is 9.55 Å². The van der Waals surface area contributed by atoms with Gasteiger partial charge in [-0.2, -0.15) is 0 Å². The summed E-state index contributed by atoms with van der Waals surface area (Å²) in [5.41, 5.74) is 1.01. The molecule has 4 heteroatoms. The quantitative estimate of drug-likeness (QED) is 0.843. The van der Waals surface area contributed by atoms with Gasteiger partial charge in [0.15, 0.2) is 4.77 Å². The molecule has 86 valence electrons. The van der Waals surface area contributed by atoms with E-state index < -0.39 is 0 Å². The van der Waals surface area contributed by atoms with Crippen molar-refractivity contribution >= 4 is 18.3 Å². The summed E-state index contributed by atoms with van der Waals surface area (Å²) in [5, 5.41) is 0. The van der Waals surface area contributed by atoms with Crippen LogP contribution < -0.4 is 5.56 Å². The lowest BCUT2D eigenvalue weighted by Crippen LogP contribution is -2.19. The van der Waals surface area contributed by atoms with Crippen molar-refractivity contribution in [2.45, 2.75) is 6.54 Å². The van der Waals surface area contributed by atoms with Crippen molar-refractivity contribution < 1.29 is 0 Å². The van der Waals surface area contributed by atoms with Crippen LogP contribution in [0.2, 0.25) is 0 Å². The van der Waals surface area contributed by atoms with E-state index in [2.05, 4.69) is 4.98 Å². The second-order valence-corrected chi connectivity index (χ2v) is 3.93. The van der Waals surface area contributed by atoms with Crippen LogP contribution in [0.1, 0.15) is 5.56 Å². The third-order valence-electron chi connectivity index (χ3n) is 2.34. The minimum atomic E-state index is -0.0912. The molecule has 1 N–H and O–H groups in total. The Kier molecular flexibility index (Phi) is 3.67. The van der Waals surface area contributed by atoms with Crippen LogP contribution in [0.3, 0.4) is 0 Å². The molecule has 0 aliphatic rings. The Labute approximate surface area is 104 Å². The predicted molar refractivity (Wildman–Crippen MR) is 71.4 cm³/mol. The number of hydrogen-bond acceptors (Lipinski definition) is 2. The van der Waals surface area contributed by atoms with Gasteiger partial charge in [-0.05, 0) is 17.8 Å². The fraction of sp³-hybridized carbons (Fsp3) is 0.0769. The molecule has 0 bridgehead atoms. The third kappa shape index (κ3) is 3.01. The van der Waals surface area contributed by atoms with Gasteiger partial charge in [-0.3, -0.25) is 9.36 Å². The number of aromatic nitrogens is 2. The van der Waals surface area contributed by atoms with E-state index in [9.17, 15) is 4.79 Å². The van der Waals surface area contributed by atoms with Crippen molar-refractivity contribution in [3.8, 4) is 0 Å². The highest BCUT2D eigenvalue weighted by Gasteiger charge is 1.93. The zero-order valence-electron chi connectivity index (χ0n) is 9.17. The van der Waals surface area contributed by atoms with Crippen molar-refractivity contribution in [1.29, 1.82) is 0 Å². The summed E-state index contributed by atoms with van der Waals surface area (Å²) in [6.07, 6.45) is 5.44. The molecule has 1 aromatic carbocycles. The maximum atomic E-state index is 11.5. The second kappa shape index (κ2) is 5.41. The molecule has 0 radical (unpaired) electrons. The molecule has 17 heavy (non-hydrogen) atoms. The number of H-pyrrole nitrogens is 1. The molecule has 0 aliphatic heterocycles. The molecular weight excluding hydrogens is 232 g/mol. The fourth-order valence-electron chi connectivity index (χ4n) is 1.48. The molecule has 0 amide bonds. The van der Waals surface area contributed by atoms with Gasteiger partial charge in [-0.1, -0.05) is 42.5 Å². The molecule has 2 aromatic rings. The van der Waals surface area contributed by atoms with Crippen molar-refractivity contribution in [2.24, 2.45) is 0 Å². The van der Waals surface area contributed by atoms with E-state index in [-0.39, 0.29) is 5.56 Å². The number of nitrogens with zero attached hydrogens (tertiary/aromatic N) is 1. The standard InChI is InChI=1S/C13H12N2OS/c16-12-8-9-14-13(17)15(12)10-4-7-11-5-2-1-3-6-11/h1-9H,10H2,(H,14,17)/b7-4+. The lowest BCUT2D eigenvalue weighted by atomic mass is 10.2. The Morgan fingerprint density at radius 1 is 1.24 bits per heavy atom. The van der Waals surface area contributed by atoms with Crippen LogP contribution in [0.4, 0.5) is 0 Å². The van der Waals surface area contributed by atoms with Crippen LogP contribution in [0.5, 0.6) is 0 Å². The lowest BCUT2D eigenvalue weighted by Gasteiger charge is -2.00. The summed E-state index contributed by atoms with van der Waals surface area (Å²) >= 11 is 5.04. The molecule has 0 spiro atoms. The highest BCUT2D eigenvalue weighted by Crippen LogP contribution is 2.00. The average molecular weight is 244 g/mol. The predicted octanol–water partition coefficient (Wildman–Crippen LogP) is 2.62. The summed E-state index contributed by atoms with van der Waals surface area (Å²) in [4.78, 5) is 14.4. The molecule has 2 rings (SSSR count). The summed E-state index contributed by atoms with van der Waals surface area (Å²) < 4.78 is 1.95. The molecule has 1 aromatic heterocycles. The summed E-state index contributed by atoms with van der Waals surface area (Å²) in [6.45, 7) is 0.476. The van der Waals surface area contributed by atoms with Gasteiger partial charge in [0.25, 0.3) is 5.56 Å². The van der Waals surface area contributed by atoms with Crippen LogP contribution in [-0.2, 0) is 6.54 Å². The largest absolute Gasteiger partial charge is 0.339 e. The number of allylic oxidation sites excluding steroid dienone is 1. The van der Waals surface area contributed by atoms with E-state index in [1.54, 1.807) is 6.20 Å². The maximum absolute atomic E-state index is 11.5. The van der Waals surface area contributed by atoms with Crippen molar-refractivity contribution in [3.05, 3.63) is 69.4 Å². The molecular formula is C13H12N2OS. The Bertz CT molecular complexity index is 597. The van der Waals surface area contributed by atoms with E-state index >= 15 is 0 Å². The third-order valence-corrected chi connectivity index (χ3v) is 2.68. The summed E-state index contributed by atoms with van der Waals surface area (Å²) in [5.74, 6) is 0. The van der Waals surface area contributed by atoms with Crippen LogP contribution >= 0.6 is 12.2 Å². The zero-order chi connectivity index (χ0) is 12.1. The molecule has 0 aliphatic carbocycles. The Morgan fingerprint density at radius 2 is 2.00 bits per heavy atom. The number of rotatable bonds is 3. The highest BCUT2D eigenvalue weighted by molar-refractivity contribution is 7.71. The first-order valence-corrected chi connectivity index (χ1v) is 5.68. The molecule has 0 saturated heterocycles. The smallest absolute Gasteiger partial charge is 0.254 e. The number of nitrogens with one attached hydrogen (secondary N) is 1. The topological polar surface area (TPSA) is 37.8 Å². The molecule has 0 fully saturated rings.